The van der Waals surface area contributed by atoms with Crippen molar-refractivity contribution in [3.63, 3.8) is 0 Å². The summed E-state index contributed by atoms with van der Waals surface area (Å²) in [7, 11) is -3.48. The van der Waals surface area contributed by atoms with Gasteiger partial charge < -0.3 is 5.32 Å². The van der Waals surface area contributed by atoms with Crippen LogP contribution in [-0.2, 0) is 21.4 Å². The van der Waals surface area contributed by atoms with Crippen molar-refractivity contribution in [3.05, 3.63) is 70.8 Å². The number of nitrogens with zero attached hydrogens (tertiary/aromatic N) is 1. The van der Waals surface area contributed by atoms with Crippen LogP contribution < -0.4 is 5.32 Å². The zero-order valence-electron chi connectivity index (χ0n) is 15.5. The molecule has 0 unspecified atom stereocenters. The average molecular weight is 419 g/mol. The lowest BCUT2D eigenvalue weighted by atomic mass is 10.2. The normalized spacial score (nSPS) is 15.6. The zero-order valence-corrected chi connectivity index (χ0v) is 17.0. The maximum Gasteiger partial charge on any atom is 0.244 e. The molecule has 1 saturated heterocycles. The van der Waals surface area contributed by atoms with Crippen LogP contribution >= 0.6 is 11.6 Å². The summed E-state index contributed by atoms with van der Waals surface area (Å²) in [6, 6.07) is 13.9. The van der Waals surface area contributed by atoms with E-state index in [1.54, 1.807) is 46.8 Å². The number of rotatable bonds is 6. The van der Waals surface area contributed by atoms with Crippen molar-refractivity contribution in [2.75, 3.05) is 13.1 Å². The fourth-order valence-corrected chi connectivity index (χ4v) is 4.89. The third-order valence-corrected chi connectivity index (χ3v) is 6.72. The molecule has 1 amide bonds. The summed E-state index contributed by atoms with van der Waals surface area (Å²) in [5.74, 6) is -0.260. The number of carbonyl (C=O) groups excluding carboxylic acids is 1. The molecule has 28 heavy (non-hydrogen) atoms. The molecule has 0 aromatic heterocycles. The topological polar surface area (TPSA) is 66.5 Å². The van der Waals surface area contributed by atoms with E-state index in [1.165, 1.54) is 6.08 Å². The van der Waals surface area contributed by atoms with Gasteiger partial charge in [0.15, 0.2) is 0 Å². The second-order valence-electron chi connectivity index (χ2n) is 6.72. The fourth-order valence-electron chi connectivity index (χ4n) is 3.10. The molecule has 0 bridgehead atoms. The molecule has 1 aliphatic rings. The van der Waals surface area contributed by atoms with Gasteiger partial charge in [0.25, 0.3) is 0 Å². The Hall–Kier alpha value is -2.15. The number of carbonyl (C=O) groups is 1. The molecule has 1 fully saturated rings. The minimum Gasteiger partial charge on any atom is -0.348 e. The number of amides is 1. The van der Waals surface area contributed by atoms with Crippen molar-refractivity contribution >= 4 is 33.6 Å². The lowest BCUT2D eigenvalue weighted by Gasteiger charge is -2.26. The van der Waals surface area contributed by atoms with Gasteiger partial charge in [-0.2, -0.15) is 4.31 Å². The van der Waals surface area contributed by atoms with Gasteiger partial charge in [-0.3, -0.25) is 4.79 Å². The Bertz CT molecular complexity index is 967. The Kier molecular flexibility index (Phi) is 6.88. The van der Waals surface area contributed by atoms with Crippen LogP contribution in [0.25, 0.3) is 6.08 Å². The van der Waals surface area contributed by atoms with Gasteiger partial charge in [-0.15, -0.1) is 0 Å². The van der Waals surface area contributed by atoms with Gasteiger partial charge in [0.1, 0.15) is 0 Å². The van der Waals surface area contributed by atoms with Crippen molar-refractivity contribution < 1.29 is 13.2 Å². The quantitative estimate of drug-likeness (QED) is 0.724. The first-order valence-electron chi connectivity index (χ1n) is 9.26. The number of nitrogens with one attached hydrogen (secondary N) is 1. The minimum absolute atomic E-state index is 0.252. The Labute approximate surface area is 171 Å². The molecule has 2 aromatic rings. The van der Waals surface area contributed by atoms with Crippen LogP contribution in [0.2, 0.25) is 5.02 Å². The van der Waals surface area contributed by atoms with Crippen molar-refractivity contribution in [2.45, 2.75) is 30.7 Å². The molecule has 0 saturated carbocycles. The fraction of sp³-hybridized carbons (Fsp3) is 0.286. The second-order valence-corrected chi connectivity index (χ2v) is 9.09. The molecule has 0 aliphatic carbocycles. The van der Waals surface area contributed by atoms with Gasteiger partial charge in [-0.05, 0) is 54.3 Å². The van der Waals surface area contributed by atoms with E-state index in [1.807, 2.05) is 12.1 Å². The Morgan fingerprint density at radius 3 is 2.57 bits per heavy atom. The summed E-state index contributed by atoms with van der Waals surface area (Å²) in [6.07, 6.45) is 5.97. The predicted octanol–water partition coefficient (Wildman–Crippen LogP) is 3.84. The van der Waals surface area contributed by atoms with Crippen LogP contribution in [0, 0.1) is 0 Å². The number of piperidine rings is 1. The van der Waals surface area contributed by atoms with Crippen molar-refractivity contribution in [1.29, 1.82) is 0 Å². The summed E-state index contributed by atoms with van der Waals surface area (Å²) < 4.78 is 27.1. The lowest BCUT2D eigenvalue weighted by Crippen LogP contribution is -2.35. The number of benzene rings is 2. The van der Waals surface area contributed by atoms with E-state index in [0.29, 0.717) is 18.1 Å². The number of sulfonamides is 1. The van der Waals surface area contributed by atoms with Crippen LogP contribution in [0.1, 0.15) is 30.4 Å². The SMILES string of the molecule is O=C(/C=C/c1cccc(Cl)c1)NCc1cccc(S(=O)(=O)N2CCCCC2)c1. The van der Waals surface area contributed by atoms with Crippen LogP contribution in [0.4, 0.5) is 0 Å². The zero-order chi connectivity index (χ0) is 20.0. The molecule has 148 valence electrons. The van der Waals surface area contributed by atoms with Crippen LogP contribution in [0.5, 0.6) is 0 Å². The highest BCUT2D eigenvalue weighted by molar-refractivity contribution is 7.89. The summed E-state index contributed by atoms with van der Waals surface area (Å²) >= 11 is 5.92. The van der Waals surface area contributed by atoms with Crippen molar-refractivity contribution in [2.24, 2.45) is 0 Å². The summed E-state index contributed by atoms with van der Waals surface area (Å²) in [5, 5.41) is 3.38. The van der Waals surface area contributed by atoms with Gasteiger partial charge >= 0.3 is 0 Å². The third kappa shape index (κ3) is 5.44. The first-order chi connectivity index (χ1) is 13.4. The second kappa shape index (κ2) is 9.37. The van der Waals surface area contributed by atoms with E-state index in [-0.39, 0.29) is 17.3 Å². The van der Waals surface area contributed by atoms with Crippen LogP contribution in [0.3, 0.4) is 0 Å². The summed E-state index contributed by atoms with van der Waals surface area (Å²) in [6.45, 7) is 1.39. The molecule has 1 N–H and O–H groups in total. The minimum atomic E-state index is -3.48. The van der Waals surface area contributed by atoms with Crippen LogP contribution in [-0.4, -0.2) is 31.7 Å². The van der Waals surface area contributed by atoms with E-state index in [4.69, 9.17) is 11.6 Å². The highest BCUT2D eigenvalue weighted by atomic mass is 35.5. The van der Waals surface area contributed by atoms with Gasteiger partial charge in [0.05, 0.1) is 4.90 Å². The molecule has 5 nitrogen and oxygen atoms in total. The Morgan fingerprint density at radius 2 is 1.82 bits per heavy atom. The van der Waals surface area contributed by atoms with Gasteiger partial charge in [0.2, 0.25) is 15.9 Å². The van der Waals surface area contributed by atoms with E-state index >= 15 is 0 Å². The molecule has 0 radical (unpaired) electrons. The standard InChI is InChI=1S/C21H23ClN2O3S/c22-19-8-4-6-17(14-19)10-11-21(25)23-16-18-7-5-9-20(15-18)28(26,27)24-12-2-1-3-13-24/h4-11,14-15H,1-3,12-13,16H2,(H,23,25)/b11-10+. The van der Waals surface area contributed by atoms with Gasteiger partial charge in [-0.25, -0.2) is 8.42 Å². The van der Waals surface area contributed by atoms with Crippen molar-refractivity contribution in [3.8, 4) is 0 Å². The molecular weight excluding hydrogens is 396 g/mol. The first-order valence-corrected chi connectivity index (χ1v) is 11.1. The monoisotopic (exact) mass is 418 g/mol. The maximum absolute atomic E-state index is 12.8. The molecule has 7 heteroatoms. The van der Waals surface area contributed by atoms with Crippen LogP contribution in [0.15, 0.2) is 59.5 Å². The molecule has 0 spiro atoms. The Morgan fingerprint density at radius 1 is 1.07 bits per heavy atom. The molecule has 0 atom stereocenters. The van der Waals surface area contributed by atoms with Gasteiger partial charge in [0, 0.05) is 30.7 Å². The molecule has 1 heterocycles. The predicted molar refractivity (Wildman–Crippen MR) is 111 cm³/mol. The number of hydrogen-bond acceptors (Lipinski definition) is 3. The summed E-state index contributed by atoms with van der Waals surface area (Å²) in [4.78, 5) is 12.3. The number of halogens is 1. The maximum atomic E-state index is 12.8. The first kappa shape index (κ1) is 20.6. The van der Waals surface area contributed by atoms with E-state index in [9.17, 15) is 13.2 Å². The smallest absolute Gasteiger partial charge is 0.244 e. The van der Waals surface area contributed by atoms with E-state index < -0.39 is 10.0 Å². The van der Waals surface area contributed by atoms with Gasteiger partial charge in [-0.1, -0.05) is 42.3 Å². The number of hydrogen-bond donors (Lipinski definition) is 1. The molecule has 2 aromatic carbocycles. The Balaban J connectivity index is 1.62. The third-order valence-electron chi connectivity index (χ3n) is 4.59. The van der Waals surface area contributed by atoms with Crippen molar-refractivity contribution in [1.82, 2.24) is 9.62 Å². The molecular formula is C21H23ClN2O3S. The largest absolute Gasteiger partial charge is 0.348 e. The summed E-state index contributed by atoms with van der Waals surface area (Å²) in [5.41, 5.74) is 1.57. The highest BCUT2D eigenvalue weighted by Gasteiger charge is 2.25. The lowest BCUT2D eigenvalue weighted by molar-refractivity contribution is -0.116. The molecule has 1 aliphatic heterocycles. The highest BCUT2D eigenvalue weighted by Crippen LogP contribution is 2.21. The van der Waals surface area contributed by atoms with E-state index in [2.05, 4.69) is 5.32 Å². The average Bonchev–Trinajstić information content (AvgIpc) is 2.71. The van der Waals surface area contributed by atoms with E-state index in [0.717, 1.165) is 30.4 Å². The molecule has 3 rings (SSSR count).